The van der Waals surface area contributed by atoms with Crippen LogP contribution >= 0.6 is 39.9 Å². The molecule has 6 aromatic heterocycles. The second-order valence-electron chi connectivity index (χ2n) is 38.8. The van der Waals surface area contributed by atoms with E-state index in [1.165, 1.54) is 56.4 Å². The SMILES string of the molecule is CC1(C)OB(B2OC(C)(C)C(C)(C)O2)OC1(C)C.CCC1CCCC1.CC[C@@H]1CCN(C(=O)Nc2cc(-c3cc(-c4cnn(C)c4)nc(N4CCOCC4)c3)c(C)cc2F)C1.Cc1cc(F)c(N)cc1-c1cc(-c2cnn(C)c2)nc(N2CCOCC2)c1.Cc1cc(F)c(N)cc1B1OC(C)(C)C(C)(C)O1.Cc1cc(F)c(N)cc1Br.Cl.Cn1cc(-c2cc(Cl)cc(N3CCOCC3)n2)cn1. The minimum atomic E-state index is -0.502. The van der Waals surface area contributed by atoms with Crippen LogP contribution in [-0.2, 0) is 63.3 Å². The van der Waals surface area contributed by atoms with Crippen molar-refractivity contribution < 1.29 is 64.5 Å². The van der Waals surface area contributed by atoms with Crippen LogP contribution in [0.15, 0.2) is 127 Å². The van der Waals surface area contributed by atoms with Gasteiger partial charge in [-0.15, -0.1) is 12.4 Å². The van der Waals surface area contributed by atoms with E-state index in [1.54, 1.807) is 61.8 Å². The average molecular weight is 1980 g/mol. The number of carbonyl (C=O) groups is 1. The summed E-state index contributed by atoms with van der Waals surface area (Å²) in [5, 5.41) is 16.2. The zero-order chi connectivity index (χ0) is 98.0. The van der Waals surface area contributed by atoms with Crippen LogP contribution in [0, 0.1) is 62.8 Å². The molecule has 27 nitrogen and oxygen atoms in total. The van der Waals surface area contributed by atoms with Gasteiger partial charge in [0, 0.05) is 118 Å². The Morgan fingerprint density at radius 3 is 1.19 bits per heavy atom. The number of rotatable bonds is 13. The van der Waals surface area contributed by atoms with Crippen molar-refractivity contribution in [1.29, 1.82) is 0 Å². The quantitative estimate of drug-likeness (QED) is 0.0474. The van der Waals surface area contributed by atoms with Crippen molar-refractivity contribution in [2.45, 2.75) is 203 Å². The van der Waals surface area contributed by atoms with E-state index in [1.807, 2.05) is 187 Å². The Morgan fingerprint density at radius 1 is 0.449 bits per heavy atom. The molecule has 7 aliphatic heterocycles. The highest BCUT2D eigenvalue weighted by Crippen LogP contribution is 2.45. The zero-order valence-corrected chi connectivity index (χ0v) is 85.7. The summed E-state index contributed by atoms with van der Waals surface area (Å²) in [6, 6.07) is 23.9. The molecule has 0 bridgehead atoms. The molecule has 18 rings (SSSR count). The van der Waals surface area contributed by atoms with Crippen LogP contribution in [0.3, 0.4) is 0 Å². The molecular weight excluding hydrogens is 1850 g/mol. The second kappa shape index (κ2) is 45.7. The number of pyridine rings is 3. The van der Waals surface area contributed by atoms with Crippen molar-refractivity contribution in [3.63, 3.8) is 0 Å². The van der Waals surface area contributed by atoms with Crippen molar-refractivity contribution in [1.82, 2.24) is 49.2 Å². The third-order valence-corrected chi connectivity index (χ3v) is 28.1. The fourth-order valence-electron chi connectivity index (χ4n) is 16.4. The predicted molar refractivity (Wildman–Crippen MR) is 543 cm³/mol. The van der Waals surface area contributed by atoms with Gasteiger partial charge in [0.1, 0.15) is 40.7 Å². The summed E-state index contributed by atoms with van der Waals surface area (Å²) < 4.78 is 113. The van der Waals surface area contributed by atoms with E-state index in [9.17, 15) is 22.4 Å². The van der Waals surface area contributed by atoms with Gasteiger partial charge in [-0.3, -0.25) is 14.0 Å². The topological polar surface area (TPSA) is 295 Å². The molecule has 0 radical (unpaired) electrons. The number of amides is 2. The Balaban J connectivity index is 0.000000159. The van der Waals surface area contributed by atoms with Crippen molar-refractivity contribution in [2.24, 2.45) is 33.0 Å². The Labute approximate surface area is 819 Å². The standard InChI is InChI=1S/C27H33FN6O2.C20H22FN5O.C13H19BFNO2.C13H15ClN4O.C12H24B2O4.C7H7BrFN.C7H14.ClH/c1-4-19-5-6-34(16-19)27(35)31-25-14-22(18(2)11-23(25)28)20-12-24(21-15-29-32(3)17-21)30-26(13-20)33-7-9-36-10-8-33;1-13-7-17(21)18(22)10-16(13)14-8-19(15-11-23-25(2)12-15)24-20(9-14)26-3-5-27-6-4-26;1-8-6-10(15)11(16)7-9(8)14-17-12(2,3)13(4,5)18-14;1-17-9-10(8-15-17)12-6-11(14)7-13(16-12)18-2-4-19-5-3-18;1-9(2)10(3,4)16-13(15-9)14-17-11(5,6)12(7,8)18-14;1-4-2-6(9)7(10)3-5(4)8;1-2-7-5-3-4-6-7;/h11-15,17,19H,4-10,16H2,1-3H3,(H,31,35);7-12H,3-6,22H2,1-2H3;6-7H,16H2,1-5H3;6-9H,2-5H2,1H3;1-8H3;2-3H,10H2,1H3;7H,2-6H2,1H3;1H/t19-;;;;;;;/m1......./s1. The van der Waals surface area contributed by atoms with Gasteiger partial charge in [0.25, 0.3) is 0 Å². The highest BCUT2D eigenvalue weighted by molar-refractivity contribution is 9.10. The molecule has 13 heterocycles. The van der Waals surface area contributed by atoms with Gasteiger partial charge in [0.15, 0.2) is 0 Å². The summed E-state index contributed by atoms with van der Waals surface area (Å²) in [5.41, 5.74) is 28.0. The Hall–Kier alpha value is -9.36. The van der Waals surface area contributed by atoms with E-state index in [-0.39, 0.29) is 69.4 Å². The van der Waals surface area contributed by atoms with E-state index >= 15 is 0 Å². The number of hydrogen-bond acceptors (Lipinski definition) is 22. The molecule has 10 aromatic rings. The predicted octanol–water partition coefficient (Wildman–Crippen LogP) is 19.4. The van der Waals surface area contributed by atoms with Crippen LogP contribution in [0.4, 0.5) is 62.6 Å². The Bertz CT molecular complexity index is 5600. The number of aromatic nitrogens is 9. The van der Waals surface area contributed by atoms with Gasteiger partial charge in [0.05, 0.1) is 132 Å². The lowest BCUT2D eigenvalue weighted by atomic mass is 9.49. The molecule has 2 amide bonds. The molecule has 0 spiro atoms. The minimum absolute atomic E-state index is 0. The summed E-state index contributed by atoms with van der Waals surface area (Å²) in [5.74, 6) is 2.61. The van der Waals surface area contributed by atoms with Gasteiger partial charge < -0.3 is 84.3 Å². The number of hydrogen-bond donors (Lipinski definition) is 4. The summed E-state index contributed by atoms with van der Waals surface area (Å²) in [6.45, 7) is 46.3. The molecule has 1 aliphatic carbocycles. The number of halogens is 7. The third kappa shape index (κ3) is 26.8. The second-order valence-corrected chi connectivity index (χ2v) is 40.0. The van der Waals surface area contributed by atoms with Gasteiger partial charge in [-0.05, 0) is 264 Å². The first-order valence-electron chi connectivity index (χ1n) is 46.6. The summed E-state index contributed by atoms with van der Waals surface area (Å²) in [4.78, 5) is 35.7. The number of nitrogens with one attached hydrogen (secondary N) is 1. The van der Waals surface area contributed by atoms with E-state index < -0.39 is 49.8 Å². The molecule has 1 atom stereocenters. The number of ether oxygens (including phenoxy) is 3. The molecule has 1 saturated carbocycles. The molecule has 7 N–H and O–H groups in total. The van der Waals surface area contributed by atoms with Crippen LogP contribution in [-0.4, -0.2) is 202 Å². The number of likely N-dealkylation sites (tertiary alicyclic amines) is 1. The van der Waals surface area contributed by atoms with Gasteiger partial charge >= 0.3 is 27.2 Å². The fourth-order valence-corrected chi connectivity index (χ4v) is 17.0. The number of urea groups is 1. The first-order valence-corrected chi connectivity index (χ1v) is 47.8. The summed E-state index contributed by atoms with van der Waals surface area (Å²) >= 11 is 9.43. The molecule has 4 aromatic carbocycles. The summed E-state index contributed by atoms with van der Waals surface area (Å²) in [7, 11) is 4.18. The van der Waals surface area contributed by atoms with Crippen LogP contribution in [0.1, 0.15) is 164 Å². The monoisotopic (exact) mass is 1980 g/mol. The lowest BCUT2D eigenvalue weighted by Crippen LogP contribution is -2.41. The minimum Gasteiger partial charge on any atom is -0.405 e. The largest absolute Gasteiger partial charge is 0.495 e. The van der Waals surface area contributed by atoms with E-state index in [2.05, 4.69) is 70.1 Å². The maximum Gasteiger partial charge on any atom is 0.495 e. The van der Waals surface area contributed by atoms with E-state index in [0.717, 1.165) is 177 Å². The molecule has 8 fully saturated rings. The molecule has 0 unspecified atom stereocenters. The van der Waals surface area contributed by atoms with Crippen LogP contribution in [0.2, 0.25) is 5.02 Å². The van der Waals surface area contributed by atoms with E-state index in [0.29, 0.717) is 50.5 Å². The fraction of sp³-hybridized carbons (Fsp3) is 0.505. The number of morpholine rings is 3. The van der Waals surface area contributed by atoms with Gasteiger partial charge in [0.2, 0.25) is 0 Å². The van der Waals surface area contributed by atoms with Crippen LogP contribution in [0.5, 0.6) is 0 Å². The number of anilines is 7. The van der Waals surface area contributed by atoms with E-state index in [4.69, 9.17) is 80.9 Å². The van der Waals surface area contributed by atoms with Crippen molar-refractivity contribution in [3.05, 3.63) is 177 Å². The van der Waals surface area contributed by atoms with Gasteiger partial charge in [-0.25, -0.2) is 37.3 Å². The molecule has 136 heavy (non-hydrogen) atoms. The highest BCUT2D eigenvalue weighted by atomic mass is 79.9. The summed E-state index contributed by atoms with van der Waals surface area (Å²) in [6.07, 6.45) is 20.6. The maximum atomic E-state index is 15.0. The Morgan fingerprint density at radius 2 is 0.809 bits per heavy atom. The molecule has 734 valence electrons. The number of nitrogens with zero attached hydrogens (tertiary/aromatic N) is 13. The Kier molecular flexibility index (Phi) is 36.0. The van der Waals surface area contributed by atoms with Gasteiger partial charge in [-0.1, -0.05) is 79.9 Å². The van der Waals surface area contributed by atoms with Crippen LogP contribution < -0.4 is 42.7 Å². The third-order valence-electron chi connectivity index (χ3n) is 27.1. The molecule has 8 aliphatic rings. The number of nitrogens with two attached hydrogens (primary N) is 3. The normalized spacial score (nSPS) is 18.9. The van der Waals surface area contributed by atoms with Gasteiger partial charge in [-0.2, -0.15) is 15.3 Å². The lowest BCUT2D eigenvalue weighted by Gasteiger charge is -2.32. The number of nitrogen functional groups attached to an aromatic ring is 3. The van der Waals surface area contributed by atoms with Crippen molar-refractivity contribution in [2.75, 3.05) is 129 Å². The first kappa shape index (κ1) is 107. The number of carbonyl (C=O) groups excluding carboxylic acids is 1. The number of benzene rings is 4. The number of aryl methyl sites for hydroxylation is 7. The molecule has 37 heteroatoms. The highest BCUT2D eigenvalue weighted by Gasteiger charge is 2.64. The maximum absolute atomic E-state index is 15.0. The smallest absolute Gasteiger partial charge is 0.405 e. The van der Waals surface area contributed by atoms with Crippen LogP contribution in [0.25, 0.3) is 56.0 Å². The van der Waals surface area contributed by atoms with Crippen molar-refractivity contribution in [3.8, 4) is 56.0 Å². The zero-order valence-electron chi connectivity index (χ0n) is 82.6. The first-order chi connectivity index (χ1) is 63.7. The molecule has 7 saturated heterocycles. The molecular formula is C99H135B3BrCl2F4N17O10. The van der Waals surface area contributed by atoms with Crippen molar-refractivity contribution >= 4 is 113 Å². The average Bonchev–Trinajstić information content (AvgIpc) is 1.59. The lowest BCUT2D eigenvalue weighted by molar-refractivity contribution is 0.00578.